The van der Waals surface area contributed by atoms with Crippen LogP contribution in [0.2, 0.25) is 0 Å². The molecule has 2 unspecified atom stereocenters. The molecule has 0 saturated carbocycles. The molecule has 0 aromatic carbocycles. The highest BCUT2D eigenvalue weighted by Crippen LogP contribution is 2.19. The zero-order valence-corrected chi connectivity index (χ0v) is 14.5. The maximum Gasteiger partial charge on any atom is 0.246 e. The van der Waals surface area contributed by atoms with Gasteiger partial charge < -0.3 is 37.2 Å². The molecular weight excluding hydrogens is 360 g/mol. The molecule has 2 fully saturated rings. The molecule has 2 aliphatic heterocycles. The number of aromatic nitrogens is 2. The van der Waals surface area contributed by atoms with Crippen molar-refractivity contribution in [2.45, 2.75) is 43.8 Å². The van der Waals surface area contributed by atoms with Gasteiger partial charge in [-0.2, -0.15) is 0 Å². The Bertz CT molecular complexity index is 685. The van der Waals surface area contributed by atoms with Gasteiger partial charge in [-0.1, -0.05) is 0 Å². The molecule has 3 atom stereocenters. The van der Waals surface area contributed by atoms with E-state index in [2.05, 4.69) is 20.6 Å². The van der Waals surface area contributed by atoms with E-state index in [1.54, 1.807) is 6.20 Å². The predicted octanol–water partition coefficient (Wildman–Crippen LogP) is -3.85. The number of hydrogen-bond donors (Lipinski definition) is 4. The quantitative estimate of drug-likeness (QED) is 0.361. The highest BCUT2D eigenvalue weighted by Gasteiger charge is 2.39. The topological polar surface area (TPSA) is 213 Å². The third-order valence-electron chi connectivity index (χ3n) is 4.50. The van der Waals surface area contributed by atoms with E-state index in [9.17, 15) is 19.2 Å². The monoisotopic (exact) mass is 384 g/mol. The Kier molecular flexibility index (Phi) is 7.43. The van der Waals surface area contributed by atoms with E-state index in [0.29, 0.717) is 25.1 Å². The molecule has 2 aliphatic rings. The number of nitrogens with two attached hydrogens (primary N) is 1. The lowest BCUT2D eigenvalue weighted by Crippen LogP contribution is -2.61. The van der Waals surface area contributed by atoms with Crippen molar-refractivity contribution >= 4 is 23.6 Å². The van der Waals surface area contributed by atoms with Crippen molar-refractivity contribution in [3.05, 3.63) is 18.2 Å². The summed E-state index contributed by atoms with van der Waals surface area (Å²) in [6.07, 6.45) is 4.55. The van der Waals surface area contributed by atoms with Gasteiger partial charge in [0.1, 0.15) is 18.1 Å². The predicted molar refractivity (Wildman–Crippen MR) is 91.9 cm³/mol. The maximum absolute atomic E-state index is 12.9. The smallest absolute Gasteiger partial charge is 0.246 e. The Labute approximate surface area is 154 Å². The number of rotatable bonds is 6. The van der Waals surface area contributed by atoms with Gasteiger partial charge in [-0.25, -0.2) is 4.98 Å². The number of hydrogen-bond acceptors (Lipinski definition) is 5. The van der Waals surface area contributed by atoms with Gasteiger partial charge in [0.25, 0.3) is 0 Å². The van der Waals surface area contributed by atoms with Gasteiger partial charge in [0, 0.05) is 24.9 Å². The number of carbonyl (C=O) groups excluding carboxylic acids is 4. The number of primary amides is 1. The van der Waals surface area contributed by atoms with Crippen molar-refractivity contribution in [2.75, 3.05) is 6.54 Å². The van der Waals surface area contributed by atoms with E-state index in [4.69, 9.17) is 5.73 Å². The number of imidazole rings is 1. The first-order valence-corrected chi connectivity index (χ1v) is 8.12. The largest absolute Gasteiger partial charge is 0.412 e. The van der Waals surface area contributed by atoms with Crippen molar-refractivity contribution in [1.82, 2.24) is 25.5 Å². The second kappa shape index (κ2) is 9.09. The maximum atomic E-state index is 12.9. The molecule has 4 amide bonds. The molecule has 12 nitrogen and oxygen atoms in total. The minimum Gasteiger partial charge on any atom is -0.412 e. The molecule has 0 aliphatic carbocycles. The lowest BCUT2D eigenvalue weighted by Gasteiger charge is -2.31. The second-order valence-electron chi connectivity index (χ2n) is 6.26. The van der Waals surface area contributed by atoms with Gasteiger partial charge in [-0.3, -0.25) is 19.2 Å². The van der Waals surface area contributed by atoms with E-state index in [0.717, 1.165) is 0 Å². The first kappa shape index (κ1) is 22.1. The highest BCUT2D eigenvalue weighted by atomic mass is 16.2. The highest BCUT2D eigenvalue weighted by molar-refractivity contribution is 5.99. The van der Waals surface area contributed by atoms with E-state index in [1.165, 1.54) is 11.2 Å². The van der Waals surface area contributed by atoms with E-state index < -0.39 is 29.9 Å². The lowest BCUT2D eigenvalue weighted by molar-refractivity contribution is -0.142. The third kappa shape index (κ3) is 4.80. The van der Waals surface area contributed by atoms with Gasteiger partial charge in [0.15, 0.2) is 0 Å². The SMILES string of the molecule is NC(=O)C1CCCN1C(=O)C(Cc1cnc[nH]1)NC(=O)[C@@H]1CC(=O)N1.O.O. The van der Waals surface area contributed by atoms with Crippen LogP contribution in [-0.4, -0.2) is 74.1 Å². The molecule has 0 spiro atoms. The van der Waals surface area contributed by atoms with Crippen LogP contribution in [0.25, 0.3) is 0 Å². The fourth-order valence-electron chi connectivity index (χ4n) is 3.13. The molecule has 0 bridgehead atoms. The van der Waals surface area contributed by atoms with Crippen LogP contribution in [0, 0.1) is 0 Å². The average molecular weight is 384 g/mol. The van der Waals surface area contributed by atoms with Crippen LogP contribution < -0.4 is 16.4 Å². The zero-order chi connectivity index (χ0) is 18.0. The Hall–Kier alpha value is -2.99. The van der Waals surface area contributed by atoms with Crippen LogP contribution in [0.4, 0.5) is 0 Å². The van der Waals surface area contributed by atoms with Gasteiger partial charge in [0.05, 0.1) is 12.7 Å². The Morgan fingerprint density at radius 3 is 2.63 bits per heavy atom. The standard InChI is InChI=1S/C15H20N6O4.2H2O/c16-13(23)11-2-1-3-21(11)15(25)10(4-8-6-17-7-18-8)20-14(24)9-5-12(22)19-9;;/h6-7,9-11H,1-5H2,(H2,16,23)(H,17,18)(H,19,22)(H,20,24);2*1H2/t9-,10?,11?;;/m0../s1. The first-order valence-electron chi connectivity index (χ1n) is 8.12. The van der Waals surface area contributed by atoms with Crippen LogP contribution in [0.3, 0.4) is 0 Å². The first-order chi connectivity index (χ1) is 12.0. The van der Waals surface area contributed by atoms with Crippen LogP contribution in [0.5, 0.6) is 0 Å². The van der Waals surface area contributed by atoms with Gasteiger partial charge in [-0.05, 0) is 12.8 Å². The molecule has 27 heavy (non-hydrogen) atoms. The molecule has 3 rings (SSSR count). The summed E-state index contributed by atoms with van der Waals surface area (Å²) in [5.74, 6) is -1.55. The Morgan fingerprint density at radius 2 is 2.07 bits per heavy atom. The number of β-lactam (4-membered cyclic amide) rings is 1. The molecular formula is C15H24N6O6. The number of aromatic amines is 1. The summed E-state index contributed by atoms with van der Waals surface area (Å²) in [7, 11) is 0. The van der Waals surface area contributed by atoms with Gasteiger partial charge >= 0.3 is 0 Å². The Morgan fingerprint density at radius 1 is 1.37 bits per heavy atom. The molecule has 150 valence electrons. The second-order valence-corrected chi connectivity index (χ2v) is 6.26. The minimum atomic E-state index is -0.870. The number of carbonyl (C=O) groups is 4. The fraction of sp³-hybridized carbons (Fsp3) is 0.533. The van der Waals surface area contributed by atoms with Crippen molar-refractivity contribution in [3.63, 3.8) is 0 Å². The zero-order valence-electron chi connectivity index (χ0n) is 14.5. The van der Waals surface area contributed by atoms with Crippen LogP contribution in [0.15, 0.2) is 12.5 Å². The summed E-state index contributed by atoms with van der Waals surface area (Å²) >= 11 is 0. The molecule has 3 heterocycles. The summed E-state index contributed by atoms with van der Waals surface area (Å²) < 4.78 is 0. The van der Waals surface area contributed by atoms with Crippen LogP contribution >= 0.6 is 0 Å². The number of nitrogens with zero attached hydrogens (tertiary/aromatic N) is 2. The van der Waals surface area contributed by atoms with E-state index in [1.807, 2.05) is 0 Å². The molecule has 9 N–H and O–H groups in total. The summed E-state index contributed by atoms with van der Waals surface area (Å²) in [4.78, 5) is 55.9. The van der Waals surface area contributed by atoms with Crippen LogP contribution in [-0.2, 0) is 25.6 Å². The fourth-order valence-corrected chi connectivity index (χ4v) is 3.13. The van der Waals surface area contributed by atoms with E-state index in [-0.39, 0.29) is 35.6 Å². The summed E-state index contributed by atoms with van der Waals surface area (Å²) in [5, 5.41) is 5.14. The number of nitrogens with one attached hydrogen (secondary N) is 3. The van der Waals surface area contributed by atoms with Crippen molar-refractivity contribution in [1.29, 1.82) is 0 Å². The number of amides is 4. The number of likely N-dealkylation sites (tertiary alicyclic amines) is 1. The van der Waals surface area contributed by atoms with Crippen molar-refractivity contribution in [3.8, 4) is 0 Å². The van der Waals surface area contributed by atoms with Gasteiger partial charge in [-0.15, -0.1) is 0 Å². The Balaban J connectivity index is 0.00000182. The summed E-state index contributed by atoms with van der Waals surface area (Å²) in [6, 6.07) is -2.16. The third-order valence-corrected chi connectivity index (χ3v) is 4.50. The summed E-state index contributed by atoms with van der Waals surface area (Å²) in [6.45, 7) is 0.419. The van der Waals surface area contributed by atoms with Crippen molar-refractivity contribution in [2.24, 2.45) is 5.73 Å². The molecule has 0 radical (unpaired) electrons. The molecule has 12 heteroatoms. The summed E-state index contributed by atoms with van der Waals surface area (Å²) in [5.41, 5.74) is 6.05. The van der Waals surface area contributed by atoms with E-state index >= 15 is 0 Å². The normalized spacial score (nSPS) is 21.8. The number of H-pyrrole nitrogens is 1. The molecule has 2 saturated heterocycles. The average Bonchev–Trinajstić information content (AvgIpc) is 3.21. The van der Waals surface area contributed by atoms with Crippen LogP contribution in [0.1, 0.15) is 25.0 Å². The van der Waals surface area contributed by atoms with Crippen molar-refractivity contribution < 1.29 is 30.1 Å². The lowest BCUT2D eigenvalue weighted by atomic mass is 10.0. The molecule has 1 aromatic rings. The molecule has 1 aromatic heterocycles. The van der Waals surface area contributed by atoms with Gasteiger partial charge in [0.2, 0.25) is 23.6 Å². The minimum absolute atomic E-state index is 0.